The summed E-state index contributed by atoms with van der Waals surface area (Å²) in [5.41, 5.74) is 1.91. The van der Waals surface area contributed by atoms with Gasteiger partial charge in [-0.05, 0) is 85.7 Å². The summed E-state index contributed by atoms with van der Waals surface area (Å²) in [6.07, 6.45) is 13.5. The van der Waals surface area contributed by atoms with E-state index in [1.165, 1.54) is 37.7 Å². The number of carbonyl (C=O) groups excluding carboxylic acids is 1. The molecule has 0 saturated heterocycles. The van der Waals surface area contributed by atoms with Crippen molar-refractivity contribution in [3.63, 3.8) is 0 Å². The fourth-order valence-electron chi connectivity index (χ4n) is 7.30. The number of rotatable bonds is 2. The molecule has 0 aliphatic heterocycles. The zero-order chi connectivity index (χ0) is 17.1. The summed E-state index contributed by atoms with van der Waals surface area (Å²) in [4.78, 5) is 11.8. The number of aliphatic hydroxyl groups is 1. The van der Waals surface area contributed by atoms with Crippen LogP contribution in [0, 0.1) is 40.4 Å². The van der Waals surface area contributed by atoms with Crippen LogP contribution in [0.15, 0.2) is 23.8 Å². The predicted octanol–water partition coefficient (Wildman–Crippen LogP) is 4.54. The van der Waals surface area contributed by atoms with E-state index in [9.17, 15) is 9.90 Å². The van der Waals surface area contributed by atoms with Crippen LogP contribution in [0.4, 0.5) is 0 Å². The smallest absolute Gasteiger partial charge is 0.178 e. The van der Waals surface area contributed by atoms with Crippen LogP contribution in [0.2, 0.25) is 0 Å². The van der Waals surface area contributed by atoms with Gasteiger partial charge in [0.15, 0.2) is 5.78 Å². The number of ketones is 1. The number of allylic oxidation sites excluding steroid dienone is 4. The van der Waals surface area contributed by atoms with Crippen LogP contribution in [0.5, 0.6) is 0 Å². The third-order valence-corrected chi connectivity index (χ3v) is 8.60. The number of fused-ring (bicyclic) bond motifs is 5. The van der Waals surface area contributed by atoms with Gasteiger partial charge < -0.3 is 5.11 Å². The summed E-state index contributed by atoms with van der Waals surface area (Å²) in [5, 5.41) is 9.70. The second kappa shape index (κ2) is 5.56. The average Bonchev–Trinajstić information content (AvgIpc) is 2.92. The normalized spacial score (nSPS) is 48.3. The molecule has 7 atom stereocenters. The second-order valence-corrected chi connectivity index (χ2v) is 9.49. The average molecular weight is 328 g/mol. The Morgan fingerprint density at radius 2 is 2.00 bits per heavy atom. The molecule has 2 heteroatoms. The van der Waals surface area contributed by atoms with E-state index in [1.54, 1.807) is 0 Å². The Hall–Kier alpha value is -0.890. The molecule has 4 rings (SSSR count). The predicted molar refractivity (Wildman–Crippen MR) is 96.4 cm³/mol. The van der Waals surface area contributed by atoms with Crippen LogP contribution in [0.3, 0.4) is 0 Å². The molecule has 4 aliphatic rings. The highest BCUT2D eigenvalue weighted by Crippen LogP contribution is 2.66. The molecule has 4 aliphatic carbocycles. The highest BCUT2D eigenvalue weighted by Gasteiger charge is 2.58. The minimum absolute atomic E-state index is 0.110. The fourth-order valence-corrected chi connectivity index (χ4v) is 7.30. The molecule has 0 aromatic heterocycles. The maximum atomic E-state index is 11.8. The van der Waals surface area contributed by atoms with Gasteiger partial charge in [-0.15, -0.1) is 0 Å². The lowest BCUT2D eigenvalue weighted by Crippen LogP contribution is -2.50. The highest BCUT2D eigenvalue weighted by molar-refractivity contribution is 6.01. The van der Waals surface area contributed by atoms with Crippen molar-refractivity contribution in [2.75, 3.05) is 6.61 Å². The molecule has 0 bridgehead atoms. The van der Waals surface area contributed by atoms with Gasteiger partial charge in [0, 0.05) is 12.0 Å². The molecular formula is C22H32O2. The summed E-state index contributed by atoms with van der Waals surface area (Å²) >= 11 is 0. The Labute approximate surface area is 146 Å². The number of aliphatic hydroxyl groups excluding tert-OH is 1. The third-order valence-electron chi connectivity index (χ3n) is 8.60. The lowest BCUT2D eigenvalue weighted by atomic mass is 9.47. The Morgan fingerprint density at radius 1 is 1.21 bits per heavy atom. The number of hydrogen-bond donors (Lipinski definition) is 1. The van der Waals surface area contributed by atoms with Crippen LogP contribution < -0.4 is 0 Å². The van der Waals surface area contributed by atoms with Crippen LogP contribution in [-0.4, -0.2) is 17.5 Å². The van der Waals surface area contributed by atoms with Crippen molar-refractivity contribution in [1.82, 2.24) is 0 Å². The molecule has 0 amide bonds. The lowest BCUT2D eigenvalue weighted by molar-refractivity contribution is -0.111. The van der Waals surface area contributed by atoms with E-state index in [0.29, 0.717) is 29.8 Å². The monoisotopic (exact) mass is 328 g/mol. The quantitative estimate of drug-likeness (QED) is 0.808. The van der Waals surface area contributed by atoms with Crippen molar-refractivity contribution in [2.45, 2.75) is 59.3 Å². The van der Waals surface area contributed by atoms with Crippen LogP contribution in [-0.2, 0) is 4.79 Å². The third kappa shape index (κ3) is 2.14. The molecule has 0 spiro atoms. The summed E-state index contributed by atoms with van der Waals surface area (Å²) in [6.45, 7) is 7.47. The minimum atomic E-state index is 0.110. The van der Waals surface area contributed by atoms with E-state index in [1.807, 2.05) is 12.2 Å². The molecule has 1 unspecified atom stereocenters. The first kappa shape index (κ1) is 16.6. The number of carbonyl (C=O) groups is 1. The van der Waals surface area contributed by atoms with Crippen molar-refractivity contribution in [3.05, 3.63) is 23.8 Å². The largest absolute Gasteiger partial charge is 0.396 e. The van der Waals surface area contributed by atoms with E-state index in [2.05, 4.69) is 26.8 Å². The van der Waals surface area contributed by atoms with Gasteiger partial charge in [-0.25, -0.2) is 0 Å². The molecule has 0 aromatic carbocycles. The van der Waals surface area contributed by atoms with Crippen molar-refractivity contribution >= 4 is 5.78 Å². The van der Waals surface area contributed by atoms with Gasteiger partial charge in [-0.3, -0.25) is 4.79 Å². The first-order chi connectivity index (χ1) is 11.4. The van der Waals surface area contributed by atoms with Crippen LogP contribution in [0.25, 0.3) is 0 Å². The van der Waals surface area contributed by atoms with Crippen molar-refractivity contribution in [1.29, 1.82) is 0 Å². The Bertz CT molecular complexity index is 603. The zero-order valence-corrected chi connectivity index (χ0v) is 15.4. The summed E-state index contributed by atoms with van der Waals surface area (Å²) in [5.74, 6) is 3.58. The standard InChI is InChI=1S/C22H32O2/c1-14(13-23)18-6-7-19-17-5-4-15-12-16(24)8-10-21(15,2)20(17)9-11-22(18,19)3/h8,10,12,14,17-20,23H,4-7,9,11,13H2,1-3H3/t14?,17-,18+,19-,20-,21-,22+/m0/s1. The van der Waals surface area contributed by atoms with Crippen LogP contribution in [0.1, 0.15) is 59.3 Å². The molecule has 132 valence electrons. The SMILES string of the molecule is CC(CO)[C@H]1CC[C@H]2[C@@H]3CCC4=CC(=O)C=C[C@]4(C)[C@H]3CC[C@]12C. The van der Waals surface area contributed by atoms with Crippen molar-refractivity contribution < 1.29 is 9.90 Å². The Kier molecular flexibility index (Phi) is 3.84. The van der Waals surface area contributed by atoms with Crippen molar-refractivity contribution in [3.8, 4) is 0 Å². The molecule has 0 heterocycles. The van der Waals surface area contributed by atoms with Gasteiger partial charge in [0.25, 0.3) is 0 Å². The first-order valence-corrected chi connectivity index (χ1v) is 9.95. The maximum absolute atomic E-state index is 11.8. The first-order valence-electron chi connectivity index (χ1n) is 9.95. The van der Waals surface area contributed by atoms with E-state index < -0.39 is 0 Å². The molecular weight excluding hydrogens is 296 g/mol. The second-order valence-electron chi connectivity index (χ2n) is 9.49. The molecule has 2 nitrogen and oxygen atoms in total. The van der Waals surface area contributed by atoms with Crippen molar-refractivity contribution in [2.24, 2.45) is 40.4 Å². The van der Waals surface area contributed by atoms with Gasteiger partial charge in [-0.2, -0.15) is 0 Å². The zero-order valence-electron chi connectivity index (χ0n) is 15.4. The highest BCUT2D eigenvalue weighted by atomic mass is 16.3. The molecule has 3 fully saturated rings. The van der Waals surface area contributed by atoms with Gasteiger partial charge in [0.1, 0.15) is 0 Å². The van der Waals surface area contributed by atoms with E-state index in [0.717, 1.165) is 18.3 Å². The molecule has 3 saturated carbocycles. The molecule has 0 radical (unpaired) electrons. The topological polar surface area (TPSA) is 37.3 Å². The van der Waals surface area contributed by atoms with E-state index in [4.69, 9.17) is 0 Å². The molecule has 24 heavy (non-hydrogen) atoms. The maximum Gasteiger partial charge on any atom is 0.178 e. The van der Waals surface area contributed by atoms with Crippen LogP contribution >= 0.6 is 0 Å². The Balaban J connectivity index is 1.65. The van der Waals surface area contributed by atoms with Gasteiger partial charge in [0.2, 0.25) is 0 Å². The van der Waals surface area contributed by atoms with Gasteiger partial charge >= 0.3 is 0 Å². The van der Waals surface area contributed by atoms with Gasteiger partial charge in [-0.1, -0.05) is 32.4 Å². The summed E-state index contributed by atoms with van der Waals surface area (Å²) in [6, 6.07) is 0. The Morgan fingerprint density at radius 3 is 2.75 bits per heavy atom. The summed E-state index contributed by atoms with van der Waals surface area (Å²) in [7, 11) is 0. The minimum Gasteiger partial charge on any atom is -0.396 e. The van der Waals surface area contributed by atoms with E-state index in [-0.39, 0.29) is 11.2 Å². The molecule has 0 aromatic rings. The lowest BCUT2D eigenvalue weighted by Gasteiger charge is -2.57. The van der Waals surface area contributed by atoms with Gasteiger partial charge in [0.05, 0.1) is 0 Å². The fraction of sp³-hybridized carbons (Fsp3) is 0.773. The summed E-state index contributed by atoms with van der Waals surface area (Å²) < 4.78 is 0. The molecule has 1 N–H and O–H groups in total. The number of hydrogen-bond acceptors (Lipinski definition) is 2. The van der Waals surface area contributed by atoms with E-state index >= 15 is 0 Å².